The molecule has 11 heteroatoms. The quantitative estimate of drug-likeness (QED) is 0.153. The number of carbonyl (C=O) groups excluding carboxylic acids is 2. The van der Waals surface area contributed by atoms with Gasteiger partial charge in [0.05, 0.1) is 22.4 Å². The molecule has 0 saturated heterocycles. The van der Waals surface area contributed by atoms with Gasteiger partial charge in [0.15, 0.2) is 11.0 Å². The number of thioether (sulfide) groups is 1. The Labute approximate surface area is 252 Å². The maximum absolute atomic E-state index is 13.1. The molecule has 0 aliphatic heterocycles. The number of benzene rings is 2. The van der Waals surface area contributed by atoms with Crippen LogP contribution in [0.5, 0.6) is 0 Å². The molecule has 0 aliphatic carbocycles. The number of nitrogens with zero attached hydrogens (tertiary/aromatic N) is 3. The van der Waals surface area contributed by atoms with Crippen LogP contribution >= 0.6 is 50.9 Å². The van der Waals surface area contributed by atoms with Crippen LogP contribution in [0, 0.1) is 5.92 Å². The summed E-state index contributed by atoms with van der Waals surface area (Å²) < 4.78 is 2.84. The zero-order valence-electron chi connectivity index (χ0n) is 22.3. The van der Waals surface area contributed by atoms with E-state index >= 15 is 0 Å². The van der Waals surface area contributed by atoms with E-state index in [2.05, 4.69) is 71.0 Å². The second-order valence-electron chi connectivity index (χ2n) is 9.74. The van der Waals surface area contributed by atoms with Gasteiger partial charge in [-0.2, -0.15) is 0 Å². The lowest BCUT2D eigenvalue weighted by molar-refractivity contribution is -0.113. The first-order chi connectivity index (χ1) is 18.5. The molecule has 7 nitrogen and oxygen atoms in total. The van der Waals surface area contributed by atoms with Crippen molar-refractivity contribution in [2.75, 3.05) is 11.1 Å². The molecule has 0 saturated carbocycles. The first-order valence-electron chi connectivity index (χ1n) is 12.5. The summed E-state index contributed by atoms with van der Waals surface area (Å²) in [5, 5.41) is 16.1. The Morgan fingerprint density at radius 3 is 2.51 bits per heavy atom. The Bertz CT molecular complexity index is 1350. The van der Waals surface area contributed by atoms with Crippen LogP contribution in [0.1, 0.15) is 67.8 Å². The zero-order chi connectivity index (χ0) is 28.7. The SMILES string of the molecule is C=CCn1c(SCC(=O)Nc2ccc(Br)cc2C(C)C)nnc1[C@@H](CC(C)C)NC(=O)c1ccc(Cl)cc1Cl. The van der Waals surface area contributed by atoms with Gasteiger partial charge >= 0.3 is 0 Å². The van der Waals surface area contributed by atoms with Crippen molar-refractivity contribution >= 4 is 68.4 Å². The minimum absolute atomic E-state index is 0.143. The maximum atomic E-state index is 13.1. The molecule has 0 spiro atoms. The molecule has 3 rings (SSSR count). The fraction of sp³-hybridized carbons (Fsp3) is 0.357. The van der Waals surface area contributed by atoms with Crippen molar-refractivity contribution in [2.24, 2.45) is 5.92 Å². The van der Waals surface area contributed by atoms with Gasteiger partial charge in [-0.15, -0.1) is 16.8 Å². The molecule has 208 valence electrons. The van der Waals surface area contributed by atoms with E-state index in [1.54, 1.807) is 18.2 Å². The zero-order valence-corrected chi connectivity index (χ0v) is 26.2. The smallest absolute Gasteiger partial charge is 0.253 e. The fourth-order valence-electron chi connectivity index (χ4n) is 4.02. The number of aromatic nitrogens is 3. The lowest BCUT2D eigenvalue weighted by atomic mass is 10.0. The van der Waals surface area contributed by atoms with Crippen LogP contribution in [0.2, 0.25) is 10.0 Å². The summed E-state index contributed by atoms with van der Waals surface area (Å²) in [6.45, 7) is 12.6. The van der Waals surface area contributed by atoms with E-state index in [9.17, 15) is 9.59 Å². The molecule has 2 N–H and O–H groups in total. The van der Waals surface area contributed by atoms with Gasteiger partial charge in [-0.3, -0.25) is 9.59 Å². The summed E-state index contributed by atoms with van der Waals surface area (Å²) >= 11 is 17.0. The maximum Gasteiger partial charge on any atom is 0.253 e. The Hall–Kier alpha value is -2.33. The number of hydrogen-bond acceptors (Lipinski definition) is 5. The molecule has 0 aliphatic rings. The summed E-state index contributed by atoms with van der Waals surface area (Å²) in [6, 6.07) is 10.1. The van der Waals surface area contributed by atoms with Crippen molar-refractivity contribution in [1.82, 2.24) is 20.1 Å². The average molecular weight is 653 g/mol. The lowest BCUT2D eigenvalue weighted by Gasteiger charge is -2.21. The molecule has 2 amide bonds. The highest BCUT2D eigenvalue weighted by Gasteiger charge is 2.25. The molecule has 0 radical (unpaired) electrons. The molecule has 0 bridgehead atoms. The largest absolute Gasteiger partial charge is 0.342 e. The summed E-state index contributed by atoms with van der Waals surface area (Å²) in [4.78, 5) is 26.0. The predicted molar refractivity (Wildman–Crippen MR) is 164 cm³/mol. The van der Waals surface area contributed by atoms with E-state index < -0.39 is 6.04 Å². The van der Waals surface area contributed by atoms with Gasteiger partial charge in [-0.25, -0.2) is 0 Å². The van der Waals surface area contributed by atoms with Crippen LogP contribution in [0.4, 0.5) is 5.69 Å². The average Bonchev–Trinajstić information content (AvgIpc) is 3.25. The van der Waals surface area contributed by atoms with E-state index in [4.69, 9.17) is 23.2 Å². The summed E-state index contributed by atoms with van der Waals surface area (Å²) in [5.41, 5.74) is 2.16. The van der Waals surface area contributed by atoms with E-state index in [0.717, 1.165) is 15.7 Å². The fourth-order valence-corrected chi connectivity index (χ4v) is 5.64. The van der Waals surface area contributed by atoms with E-state index in [0.29, 0.717) is 34.5 Å². The van der Waals surface area contributed by atoms with Gasteiger partial charge < -0.3 is 15.2 Å². The van der Waals surface area contributed by atoms with Crippen molar-refractivity contribution in [3.63, 3.8) is 0 Å². The molecule has 39 heavy (non-hydrogen) atoms. The first kappa shape index (κ1) is 31.2. The molecule has 0 fully saturated rings. The summed E-state index contributed by atoms with van der Waals surface area (Å²) in [6.07, 6.45) is 2.36. The van der Waals surface area contributed by atoms with Crippen LogP contribution in [-0.4, -0.2) is 32.3 Å². The predicted octanol–water partition coefficient (Wildman–Crippen LogP) is 7.90. The second-order valence-corrected chi connectivity index (χ2v) is 12.4. The Morgan fingerprint density at radius 1 is 1.13 bits per heavy atom. The third-order valence-electron chi connectivity index (χ3n) is 5.80. The molecule has 1 aromatic heterocycles. The molecular formula is C28H32BrCl2N5O2S. The second kappa shape index (κ2) is 14.3. The highest BCUT2D eigenvalue weighted by atomic mass is 79.9. The van der Waals surface area contributed by atoms with Gasteiger partial charge in [-0.05, 0) is 60.2 Å². The molecule has 1 heterocycles. The van der Waals surface area contributed by atoms with Crippen LogP contribution in [0.3, 0.4) is 0 Å². The van der Waals surface area contributed by atoms with Crippen LogP contribution < -0.4 is 10.6 Å². The minimum atomic E-state index is -0.434. The highest BCUT2D eigenvalue weighted by Crippen LogP contribution is 2.29. The standard InChI is InChI=1S/C28H32BrCl2N5O2S/c1-6-11-36-26(24(12-16(2)3)33-27(38)20-9-8-19(30)14-22(20)31)34-35-28(36)39-15-25(37)32-23-10-7-18(29)13-21(23)17(4)5/h6-10,13-14,16-17,24H,1,11-12,15H2,2-5H3,(H,32,37)(H,33,38)/t24-/m1/s1. The van der Waals surface area contributed by atoms with Gasteiger partial charge in [0.25, 0.3) is 5.91 Å². The lowest BCUT2D eigenvalue weighted by Crippen LogP contribution is -2.32. The van der Waals surface area contributed by atoms with Crippen molar-refractivity contribution in [3.8, 4) is 0 Å². The monoisotopic (exact) mass is 651 g/mol. The molecule has 2 aromatic carbocycles. The van der Waals surface area contributed by atoms with Gasteiger partial charge in [0.2, 0.25) is 5.91 Å². The number of rotatable bonds is 12. The topological polar surface area (TPSA) is 88.9 Å². The summed E-state index contributed by atoms with van der Waals surface area (Å²) in [5.74, 6) is 0.750. The number of hydrogen-bond donors (Lipinski definition) is 2. The normalized spacial score (nSPS) is 12.0. The number of halogens is 3. The number of amides is 2. The van der Waals surface area contributed by atoms with Crippen LogP contribution in [0.25, 0.3) is 0 Å². The molecule has 3 aromatic rings. The number of allylic oxidation sites excluding steroid dienone is 1. The Kier molecular flexibility index (Phi) is 11.5. The number of carbonyl (C=O) groups is 2. The van der Waals surface area contributed by atoms with Crippen molar-refractivity contribution in [2.45, 2.75) is 57.8 Å². The highest BCUT2D eigenvalue weighted by molar-refractivity contribution is 9.10. The van der Waals surface area contributed by atoms with Crippen LogP contribution in [0.15, 0.2) is 58.7 Å². The van der Waals surface area contributed by atoms with Crippen molar-refractivity contribution in [1.29, 1.82) is 0 Å². The van der Waals surface area contributed by atoms with E-state index in [1.807, 2.05) is 22.8 Å². The first-order valence-corrected chi connectivity index (χ1v) is 15.1. The third kappa shape index (κ3) is 8.58. The Balaban J connectivity index is 1.80. The number of nitrogens with one attached hydrogen (secondary N) is 2. The van der Waals surface area contributed by atoms with Gasteiger partial charge in [-0.1, -0.05) is 84.7 Å². The number of anilines is 1. The molecule has 1 atom stereocenters. The van der Waals surface area contributed by atoms with E-state index in [-0.39, 0.29) is 34.4 Å². The Morgan fingerprint density at radius 2 is 1.87 bits per heavy atom. The molecular weight excluding hydrogens is 621 g/mol. The molecule has 0 unspecified atom stereocenters. The van der Waals surface area contributed by atoms with E-state index in [1.165, 1.54) is 17.8 Å². The van der Waals surface area contributed by atoms with Gasteiger partial charge in [0, 0.05) is 21.7 Å². The van der Waals surface area contributed by atoms with Crippen molar-refractivity contribution in [3.05, 3.63) is 80.5 Å². The third-order valence-corrected chi connectivity index (χ3v) is 7.81. The minimum Gasteiger partial charge on any atom is -0.342 e. The van der Waals surface area contributed by atoms with Gasteiger partial charge in [0.1, 0.15) is 0 Å². The van der Waals surface area contributed by atoms with Crippen LogP contribution in [-0.2, 0) is 11.3 Å². The van der Waals surface area contributed by atoms with Crippen molar-refractivity contribution < 1.29 is 9.59 Å². The summed E-state index contributed by atoms with van der Waals surface area (Å²) in [7, 11) is 0.